The maximum atomic E-state index is 14.1. The van der Waals surface area contributed by atoms with Crippen LogP contribution in [0.4, 0.5) is 13.2 Å². The van der Waals surface area contributed by atoms with E-state index in [9.17, 15) is 51.5 Å². The summed E-state index contributed by atoms with van der Waals surface area (Å²) in [5.74, 6) is -6.13. The number of carboxylic acid groups (broad SMARTS) is 1. The summed E-state index contributed by atoms with van der Waals surface area (Å²) in [6, 6.07) is -3.66. The zero-order chi connectivity index (χ0) is 48.4. The van der Waals surface area contributed by atoms with E-state index < -0.39 is 71.8 Å². The molecule has 0 aromatic rings. The number of nitrogens with two attached hydrogens (primary N) is 1. The molecule has 0 aromatic heterocycles. The van der Waals surface area contributed by atoms with Gasteiger partial charge < -0.3 is 41.9 Å². The van der Waals surface area contributed by atoms with Gasteiger partial charge in [0, 0.05) is 39.9 Å². The van der Waals surface area contributed by atoms with Gasteiger partial charge in [0.25, 0.3) is 5.91 Å². The maximum absolute atomic E-state index is 14.1. The molecular formula is C41H72F3N9O10. The number of carbonyl (C=O) groups is 9. The molecule has 0 radical (unpaired) electrons. The second-order valence-corrected chi connectivity index (χ2v) is 16.9. The summed E-state index contributed by atoms with van der Waals surface area (Å²) < 4.78 is 31.7. The average molecular weight is 908 g/mol. The Morgan fingerprint density at radius 3 is 1.79 bits per heavy atom. The summed E-state index contributed by atoms with van der Waals surface area (Å²) in [4.78, 5) is 115. The first-order valence-corrected chi connectivity index (χ1v) is 21.6. The van der Waals surface area contributed by atoms with E-state index in [1.165, 1.54) is 23.6 Å². The molecule has 0 spiro atoms. The fourth-order valence-corrected chi connectivity index (χ4v) is 6.54. The second kappa shape index (κ2) is 30.1. The van der Waals surface area contributed by atoms with Crippen LogP contribution in [0, 0.1) is 17.8 Å². The molecule has 63 heavy (non-hydrogen) atoms. The minimum absolute atomic E-state index is 0.00456. The zero-order valence-corrected chi connectivity index (χ0v) is 38.1. The summed E-state index contributed by atoms with van der Waals surface area (Å²) in [6.45, 7) is 15.4. The third-order valence-corrected chi connectivity index (χ3v) is 9.53. The van der Waals surface area contributed by atoms with Crippen molar-refractivity contribution in [2.24, 2.45) is 23.5 Å². The van der Waals surface area contributed by atoms with Gasteiger partial charge in [-0.15, -0.1) is 0 Å². The number of nitrogens with one attached hydrogen (secondary N) is 6. The van der Waals surface area contributed by atoms with E-state index in [0.29, 0.717) is 64.6 Å². The highest BCUT2D eigenvalue weighted by Crippen LogP contribution is 2.19. The average Bonchev–Trinajstić information content (AvgIpc) is 3.67. The number of unbranched alkanes of at least 4 members (excludes halogenated alkanes) is 3. The molecule has 1 fully saturated rings. The molecule has 1 aliphatic rings. The van der Waals surface area contributed by atoms with Crippen LogP contribution in [0.25, 0.3) is 0 Å². The SMILES string of the molecule is CC(=O)NCCCCCC(=O)NNC(=O)[C@H](CC(C)C)NC(=O)[C@H](CC(C)C)NC(=O)CN(CCCCN)C(=O)[C@H](CC(C)C)NC(=O)[C@@H]1CCCN1C(C)=O.O=C(O)C(F)(F)F. The van der Waals surface area contributed by atoms with Gasteiger partial charge in [-0.25, -0.2) is 4.79 Å². The van der Waals surface area contributed by atoms with Gasteiger partial charge in [-0.2, -0.15) is 13.2 Å². The molecule has 9 N–H and O–H groups in total. The van der Waals surface area contributed by atoms with E-state index in [0.717, 1.165) is 6.42 Å². The molecule has 1 rings (SSSR count). The number of nitrogens with zero attached hydrogens (tertiary/aromatic N) is 2. The van der Waals surface area contributed by atoms with Crippen LogP contribution in [-0.4, -0.2) is 131 Å². The fourth-order valence-electron chi connectivity index (χ4n) is 6.54. The van der Waals surface area contributed by atoms with Crippen molar-refractivity contribution in [3.8, 4) is 0 Å². The molecule has 22 heteroatoms. The minimum Gasteiger partial charge on any atom is -0.475 e. The van der Waals surface area contributed by atoms with Crippen molar-refractivity contribution in [2.75, 3.05) is 32.7 Å². The van der Waals surface area contributed by atoms with Crippen LogP contribution in [-0.2, 0) is 43.2 Å². The Morgan fingerprint density at radius 2 is 1.29 bits per heavy atom. The van der Waals surface area contributed by atoms with Gasteiger partial charge >= 0.3 is 12.1 Å². The predicted molar refractivity (Wildman–Crippen MR) is 227 cm³/mol. The van der Waals surface area contributed by atoms with E-state index in [1.54, 1.807) is 0 Å². The van der Waals surface area contributed by atoms with E-state index >= 15 is 0 Å². The number of aliphatic carboxylic acids is 1. The molecule has 1 heterocycles. The summed E-state index contributed by atoms with van der Waals surface area (Å²) >= 11 is 0. The van der Waals surface area contributed by atoms with Crippen LogP contribution >= 0.6 is 0 Å². The largest absolute Gasteiger partial charge is 0.490 e. The van der Waals surface area contributed by atoms with Gasteiger partial charge in [-0.1, -0.05) is 48.0 Å². The van der Waals surface area contributed by atoms with Gasteiger partial charge in [-0.05, 0) is 82.1 Å². The van der Waals surface area contributed by atoms with Crippen LogP contribution < -0.4 is 37.9 Å². The summed E-state index contributed by atoms with van der Waals surface area (Å²) in [5, 5.41) is 18.2. The van der Waals surface area contributed by atoms with Crippen molar-refractivity contribution in [2.45, 2.75) is 156 Å². The highest BCUT2D eigenvalue weighted by molar-refractivity contribution is 5.95. The Morgan fingerprint density at radius 1 is 0.730 bits per heavy atom. The lowest BCUT2D eigenvalue weighted by molar-refractivity contribution is -0.192. The highest BCUT2D eigenvalue weighted by Gasteiger charge is 2.39. The van der Waals surface area contributed by atoms with Crippen LogP contribution in [0.5, 0.6) is 0 Å². The van der Waals surface area contributed by atoms with Crippen molar-refractivity contribution in [1.82, 2.24) is 41.9 Å². The molecule has 0 aromatic carbocycles. The number of likely N-dealkylation sites (tertiary alicyclic amines) is 1. The highest BCUT2D eigenvalue weighted by atomic mass is 19.4. The van der Waals surface area contributed by atoms with Gasteiger partial charge in [0.2, 0.25) is 41.4 Å². The Bertz CT molecular complexity index is 1510. The second-order valence-electron chi connectivity index (χ2n) is 16.9. The number of amides is 8. The van der Waals surface area contributed by atoms with Gasteiger partial charge in [0.05, 0.1) is 6.54 Å². The molecule has 0 unspecified atom stereocenters. The van der Waals surface area contributed by atoms with E-state index in [1.807, 2.05) is 41.5 Å². The molecule has 0 bridgehead atoms. The zero-order valence-electron chi connectivity index (χ0n) is 38.1. The monoisotopic (exact) mass is 908 g/mol. The normalized spacial score (nSPS) is 15.0. The summed E-state index contributed by atoms with van der Waals surface area (Å²) in [6.07, 6.45) is 0.176. The van der Waals surface area contributed by atoms with Crippen molar-refractivity contribution in [3.05, 3.63) is 0 Å². The lowest BCUT2D eigenvalue weighted by Gasteiger charge is -2.31. The number of hydrogen-bond donors (Lipinski definition) is 8. The van der Waals surface area contributed by atoms with Gasteiger partial charge in [0.1, 0.15) is 24.2 Å². The Balaban J connectivity index is 0.00000503. The molecular weight excluding hydrogens is 835 g/mol. The third kappa shape index (κ3) is 25.6. The first kappa shape index (κ1) is 58.0. The van der Waals surface area contributed by atoms with Crippen molar-refractivity contribution >= 4 is 53.2 Å². The van der Waals surface area contributed by atoms with Crippen molar-refractivity contribution in [3.63, 3.8) is 0 Å². The number of carbonyl (C=O) groups excluding carboxylic acids is 8. The van der Waals surface area contributed by atoms with Gasteiger partial charge in [-0.3, -0.25) is 49.2 Å². The topological polar surface area (TPSA) is 279 Å². The summed E-state index contributed by atoms with van der Waals surface area (Å²) in [7, 11) is 0. The van der Waals surface area contributed by atoms with Crippen LogP contribution in [0.3, 0.4) is 0 Å². The van der Waals surface area contributed by atoms with E-state index in [4.69, 9.17) is 15.6 Å². The Kier molecular flexibility index (Phi) is 27.7. The lowest BCUT2D eigenvalue weighted by atomic mass is 10.00. The van der Waals surface area contributed by atoms with E-state index in [2.05, 4.69) is 32.1 Å². The summed E-state index contributed by atoms with van der Waals surface area (Å²) in [5.41, 5.74) is 10.5. The predicted octanol–water partition coefficient (Wildman–Crippen LogP) is 1.63. The first-order valence-electron chi connectivity index (χ1n) is 21.6. The fraction of sp³-hybridized carbons (Fsp3) is 0.780. The maximum Gasteiger partial charge on any atom is 0.490 e. The molecule has 19 nitrogen and oxygen atoms in total. The van der Waals surface area contributed by atoms with Crippen LogP contribution in [0.1, 0.15) is 126 Å². The molecule has 0 aliphatic carbocycles. The number of hydrogen-bond acceptors (Lipinski definition) is 10. The van der Waals surface area contributed by atoms with Gasteiger partial charge in [0.15, 0.2) is 0 Å². The van der Waals surface area contributed by atoms with Crippen LogP contribution in [0.15, 0.2) is 0 Å². The smallest absolute Gasteiger partial charge is 0.475 e. The molecule has 0 saturated carbocycles. The number of halogens is 3. The lowest BCUT2D eigenvalue weighted by Crippen LogP contribution is -2.58. The van der Waals surface area contributed by atoms with E-state index in [-0.39, 0.29) is 61.9 Å². The number of hydrazine groups is 1. The third-order valence-electron chi connectivity index (χ3n) is 9.53. The Labute approximate surface area is 368 Å². The molecule has 362 valence electrons. The minimum atomic E-state index is -5.08. The van der Waals surface area contributed by atoms with Crippen molar-refractivity contribution in [1.29, 1.82) is 0 Å². The number of carboxylic acids is 1. The Hall–Kier alpha value is -5.02. The molecule has 4 atom stereocenters. The van der Waals surface area contributed by atoms with Crippen molar-refractivity contribution < 1.29 is 61.4 Å². The standard InChI is InChI=1S/C39H71N9O8.C2HF3O2/c1-25(2)21-30(36(53)43-31(22-26(3)4)37(54)46-45-34(51)16-10-9-12-18-41-28(7)49)42-35(52)24-47(19-13-11-17-40)39(56)32(23-27(5)6)44-38(55)33-15-14-20-48(33)29(8)50;3-2(4,5)1(6)7/h25-27,30-33H,9-24,40H2,1-8H3,(H,41,49)(H,42,52)(H,43,53)(H,44,55)(H,45,51)(H,46,54);(H,6,7)/t30-,31-,32-,33-;/m0./s1. The number of alkyl halides is 3. The molecule has 8 amide bonds. The quantitative estimate of drug-likeness (QED) is 0.0482. The molecule has 1 saturated heterocycles. The first-order chi connectivity index (χ1) is 29.3. The number of rotatable bonds is 25. The van der Waals surface area contributed by atoms with Crippen LogP contribution in [0.2, 0.25) is 0 Å². The molecule has 1 aliphatic heterocycles.